The van der Waals surface area contributed by atoms with Crippen molar-refractivity contribution < 1.29 is 19.2 Å². The predicted molar refractivity (Wildman–Crippen MR) is 103 cm³/mol. The molecule has 0 aliphatic carbocycles. The number of fused-ring (bicyclic) bond motifs is 1. The van der Waals surface area contributed by atoms with Gasteiger partial charge in [-0.15, -0.1) is 11.3 Å². The van der Waals surface area contributed by atoms with Gasteiger partial charge in [-0.1, -0.05) is 41.9 Å². The van der Waals surface area contributed by atoms with E-state index in [1.165, 1.54) is 36.5 Å². The summed E-state index contributed by atoms with van der Waals surface area (Å²) in [6.45, 7) is 1.38. The van der Waals surface area contributed by atoms with E-state index >= 15 is 0 Å². The highest BCUT2D eigenvalue weighted by Gasteiger charge is 2.25. The van der Waals surface area contributed by atoms with Gasteiger partial charge in [0.2, 0.25) is 0 Å². The van der Waals surface area contributed by atoms with Crippen LogP contribution in [0.15, 0.2) is 48.5 Å². The number of carbonyl (C=O) groups excluding carboxylic acids is 2. The van der Waals surface area contributed by atoms with Gasteiger partial charge >= 0.3 is 5.97 Å². The number of thiophene rings is 1. The van der Waals surface area contributed by atoms with Gasteiger partial charge in [-0.3, -0.25) is 14.9 Å². The van der Waals surface area contributed by atoms with E-state index in [0.29, 0.717) is 0 Å². The van der Waals surface area contributed by atoms with Crippen molar-refractivity contribution in [2.45, 2.75) is 13.0 Å². The molecule has 0 radical (unpaired) electrons. The average Bonchev–Trinajstić information content (AvgIpc) is 2.99. The summed E-state index contributed by atoms with van der Waals surface area (Å²) in [5.41, 5.74) is -0.229. The molecule has 0 spiro atoms. The third-order valence-corrected chi connectivity index (χ3v) is 5.39. The maximum absolute atomic E-state index is 12.4. The molecular formula is C18H13ClN2O5S. The van der Waals surface area contributed by atoms with Crippen LogP contribution in [0.1, 0.15) is 16.6 Å². The molecule has 1 heterocycles. The monoisotopic (exact) mass is 404 g/mol. The Morgan fingerprint density at radius 3 is 2.56 bits per heavy atom. The first-order valence-corrected chi connectivity index (χ1v) is 9.00. The Balaban J connectivity index is 1.73. The molecule has 0 fully saturated rings. The summed E-state index contributed by atoms with van der Waals surface area (Å²) in [6.07, 6.45) is -1.17. The minimum absolute atomic E-state index is 0.0234. The number of hydrogen-bond donors (Lipinski definition) is 1. The SMILES string of the molecule is C[C@@H](OC(=O)c1sc2ccccc2c1Cl)C(=O)Nc1ccccc1[N+](=O)[O-]. The lowest BCUT2D eigenvalue weighted by atomic mass is 10.2. The summed E-state index contributed by atoms with van der Waals surface area (Å²) in [6, 6.07) is 12.9. The van der Waals surface area contributed by atoms with Gasteiger partial charge in [-0.25, -0.2) is 4.79 Å². The predicted octanol–water partition coefficient (Wildman–Crippen LogP) is 4.65. The zero-order valence-corrected chi connectivity index (χ0v) is 15.5. The van der Waals surface area contributed by atoms with Gasteiger partial charge in [0.25, 0.3) is 11.6 Å². The number of benzene rings is 2. The maximum Gasteiger partial charge on any atom is 0.350 e. The van der Waals surface area contributed by atoms with Crippen molar-refractivity contribution >= 4 is 56.3 Å². The Labute approximate surface area is 162 Å². The van der Waals surface area contributed by atoms with Crippen LogP contribution in [0.3, 0.4) is 0 Å². The molecule has 2 aromatic carbocycles. The highest BCUT2D eigenvalue weighted by Crippen LogP contribution is 2.35. The van der Waals surface area contributed by atoms with E-state index in [9.17, 15) is 19.7 Å². The molecule has 3 aromatic rings. The number of para-hydroxylation sites is 2. The Morgan fingerprint density at radius 2 is 1.85 bits per heavy atom. The van der Waals surface area contributed by atoms with Crippen LogP contribution in [-0.4, -0.2) is 22.9 Å². The summed E-state index contributed by atoms with van der Waals surface area (Å²) >= 11 is 7.40. The second-order valence-electron chi connectivity index (χ2n) is 5.55. The molecule has 1 atom stereocenters. The molecule has 3 rings (SSSR count). The number of hydrogen-bond acceptors (Lipinski definition) is 6. The van der Waals surface area contributed by atoms with Gasteiger partial charge in [0.1, 0.15) is 10.6 Å². The second-order valence-corrected chi connectivity index (χ2v) is 6.98. The van der Waals surface area contributed by atoms with Crippen molar-refractivity contribution in [3.05, 3.63) is 68.5 Å². The zero-order valence-electron chi connectivity index (χ0n) is 14.0. The third-order valence-electron chi connectivity index (χ3n) is 3.73. The Morgan fingerprint density at radius 1 is 1.19 bits per heavy atom. The minimum Gasteiger partial charge on any atom is -0.448 e. The van der Waals surface area contributed by atoms with Crippen LogP contribution in [0.2, 0.25) is 5.02 Å². The normalized spacial score (nSPS) is 11.8. The quantitative estimate of drug-likeness (QED) is 0.379. The second kappa shape index (κ2) is 7.73. The number of nitrogens with one attached hydrogen (secondary N) is 1. The van der Waals surface area contributed by atoms with Crippen LogP contribution in [-0.2, 0) is 9.53 Å². The van der Waals surface area contributed by atoms with Crippen molar-refractivity contribution in [3.8, 4) is 0 Å². The number of nitrogens with zero attached hydrogens (tertiary/aromatic N) is 1. The van der Waals surface area contributed by atoms with Crippen LogP contribution in [0, 0.1) is 10.1 Å². The maximum atomic E-state index is 12.4. The summed E-state index contributed by atoms with van der Waals surface area (Å²) in [7, 11) is 0. The standard InChI is InChI=1S/C18H13ClN2O5S/c1-10(17(22)20-12-7-3-4-8-13(12)21(24)25)26-18(23)16-15(19)11-6-2-5-9-14(11)27-16/h2-10H,1H3,(H,20,22)/t10-/m1/s1. The number of carbonyl (C=O) groups is 2. The van der Waals surface area contributed by atoms with Crippen molar-refractivity contribution in [1.82, 2.24) is 0 Å². The van der Waals surface area contributed by atoms with Crippen molar-refractivity contribution in [1.29, 1.82) is 0 Å². The summed E-state index contributed by atoms with van der Waals surface area (Å²) in [5.74, 6) is -1.42. The molecule has 1 aromatic heterocycles. The van der Waals surface area contributed by atoms with Crippen LogP contribution in [0.25, 0.3) is 10.1 Å². The number of nitro benzene ring substituents is 1. The Kier molecular flexibility index (Phi) is 5.38. The molecule has 1 amide bonds. The molecule has 0 unspecified atom stereocenters. The fraction of sp³-hybridized carbons (Fsp3) is 0.111. The van der Waals surface area contributed by atoms with E-state index in [1.54, 1.807) is 18.2 Å². The number of esters is 1. The topological polar surface area (TPSA) is 98.5 Å². The molecule has 0 saturated carbocycles. The molecule has 0 aliphatic heterocycles. The van der Waals surface area contributed by atoms with E-state index in [-0.39, 0.29) is 21.3 Å². The lowest BCUT2D eigenvalue weighted by molar-refractivity contribution is -0.383. The van der Waals surface area contributed by atoms with E-state index in [2.05, 4.69) is 5.32 Å². The van der Waals surface area contributed by atoms with Crippen LogP contribution < -0.4 is 5.32 Å². The van der Waals surface area contributed by atoms with Crippen LogP contribution >= 0.6 is 22.9 Å². The molecule has 0 saturated heterocycles. The summed E-state index contributed by atoms with van der Waals surface area (Å²) in [4.78, 5) is 35.3. The fourth-order valence-electron chi connectivity index (χ4n) is 2.39. The smallest absolute Gasteiger partial charge is 0.350 e. The first-order chi connectivity index (χ1) is 12.9. The van der Waals surface area contributed by atoms with Gasteiger partial charge in [0.15, 0.2) is 6.10 Å². The highest BCUT2D eigenvalue weighted by molar-refractivity contribution is 7.21. The van der Waals surface area contributed by atoms with E-state index in [0.717, 1.165) is 10.1 Å². The summed E-state index contributed by atoms with van der Waals surface area (Å²) < 4.78 is 6.01. The average molecular weight is 405 g/mol. The van der Waals surface area contributed by atoms with Gasteiger partial charge in [0, 0.05) is 16.2 Å². The minimum atomic E-state index is -1.17. The zero-order chi connectivity index (χ0) is 19.6. The van der Waals surface area contributed by atoms with Crippen molar-refractivity contribution in [2.24, 2.45) is 0 Å². The molecule has 138 valence electrons. The number of halogens is 1. The Bertz CT molecular complexity index is 1050. The molecule has 1 N–H and O–H groups in total. The van der Waals surface area contributed by atoms with E-state index < -0.39 is 22.9 Å². The largest absolute Gasteiger partial charge is 0.448 e. The van der Waals surface area contributed by atoms with Crippen molar-refractivity contribution in [3.63, 3.8) is 0 Å². The molecule has 7 nitrogen and oxygen atoms in total. The van der Waals surface area contributed by atoms with E-state index in [1.807, 2.05) is 12.1 Å². The molecule has 9 heteroatoms. The Hall–Kier alpha value is -2.97. The number of nitro groups is 1. The van der Waals surface area contributed by atoms with Crippen molar-refractivity contribution in [2.75, 3.05) is 5.32 Å². The number of rotatable bonds is 5. The molecule has 0 aliphatic rings. The lowest BCUT2D eigenvalue weighted by Gasteiger charge is -2.13. The molecular weight excluding hydrogens is 392 g/mol. The lowest BCUT2D eigenvalue weighted by Crippen LogP contribution is -2.30. The van der Waals surface area contributed by atoms with Gasteiger partial charge in [-0.2, -0.15) is 0 Å². The van der Waals surface area contributed by atoms with Gasteiger partial charge < -0.3 is 10.1 Å². The van der Waals surface area contributed by atoms with Crippen LogP contribution in [0.4, 0.5) is 11.4 Å². The van der Waals surface area contributed by atoms with E-state index in [4.69, 9.17) is 16.3 Å². The number of ether oxygens (including phenoxy) is 1. The first-order valence-electron chi connectivity index (χ1n) is 7.80. The first kappa shape index (κ1) is 18.8. The van der Waals surface area contributed by atoms with Crippen LogP contribution in [0.5, 0.6) is 0 Å². The molecule has 0 bridgehead atoms. The number of anilines is 1. The fourth-order valence-corrected chi connectivity index (χ4v) is 3.78. The highest BCUT2D eigenvalue weighted by atomic mass is 35.5. The van der Waals surface area contributed by atoms with Gasteiger partial charge in [0.05, 0.1) is 9.95 Å². The molecule has 27 heavy (non-hydrogen) atoms. The van der Waals surface area contributed by atoms with Gasteiger partial charge in [-0.05, 0) is 19.1 Å². The third kappa shape index (κ3) is 3.91. The summed E-state index contributed by atoms with van der Waals surface area (Å²) in [5, 5.41) is 14.4. The number of amides is 1.